The van der Waals surface area contributed by atoms with Gasteiger partial charge in [-0.3, -0.25) is 0 Å². The third kappa shape index (κ3) is 4.35. The normalized spacial score (nSPS) is 13.6. The van der Waals surface area contributed by atoms with Crippen molar-refractivity contribution in [3.05, 3.63) is 82.9 Å². The highest BCUT2D eigenvalue weighted by Crippen LogP contribution is 2.33. The van der Waals surface area contributed by atoms with Gasteiger partial charge >= 0.3 is 0 Å². The third-order valence-electron chi connectivity index (χ3n) is 4.97. The van der Waals surface area contributed by atoms with Crippen LogP contribution in [0.1, 0.15) is 22.3 Å². The molecule has 2 aliphatic heterocycles. The van der Waals surface area contributed by atoms with E-state index in [0.717, 1.165) is 45.3 Å². The maximum absolute atomic E-state index is 5.83. The van der Waals surface area contributed by atoms with Crippen LogP contribution in [-0.2, 0) is 35.9 Å². The lowest BCUT2D eigenvalue weighted by Gasteiger charge is -2.08. The molecule has 3 aromatic rings. The van der Waals surface area contributed by atoms with Gasteiger partial charge in [0.1, 0.15) is 0 Å². The molecule has 0 amide bonds. The zero-order valence-corrected chi connectivity index (χ0v) is 16.5. The highest BCUT2D eigenvalue weighted by molar-refractivity contribution is 5.45. The van der Waals surface area contributed by atoms with Gasteiger partial charge < -0.3 is 28.4 Å². The molecule has 0 saturated heterocycles. The summed E-state index contributed by atoms with van der Waals surface area (Å²) in [7, 11) is 0. The summed E-state index contributed by atoms with van der Waals surface area (Å²) in [5.41, 5.74) is 4.37. The van der Waals surface area contributed by atoms with Crippen molar-refractivity contribution in [1.82, 2.24) is 0 Å². The Hall–Kier alpha value is -3.22. The van der Waals surface area contributed by atoms with Crippen LogP contribution in [0.4, 0.5) is 0 Å². The predicted molar refractivity (Wildman–Crippen MR) is 109 cm³/mol. The number of rotatable bonds is 8. The van der Waals surface area contributed by atoms with Gasteiger partial charge in [0, 0.05) is 0 Å². The maximum Gasteiger partial charge on any atom is 0.231 e. The minimum absolute atomic E-state index is 0.284. The maximum atomic E-state index is 5.83. The summed E-state index contributed by atoms with van der Waals surface area (Å²) in [4.78, 5) is 0. The van der Waals surface area contributed by atoms with Crippen molar-refractivity contribution in [2.24, 2.45) is 0 Å². The molecule has 6 nitrogen and oxygen atoms in total. The second-order valence-electron chi connectivity index (χ2n) is 7.18. The first kappa shape index (κ1) is 18.8. The molecule has 3 aromatic carbocycles. The highest BCUT2D eigenvalue weighted by atomic mass is 16.7. The summed E-state index contributed by atoms with van der Waals surface area (Å²) < 4.78 is 33.1. The van der Waals surface area contributed by atoms with Crippen molar-refractivity contribution in [2.45, 2.75) is 26.4 Å². The van der Waals surface area contributed by atoms with Crippen molar-refractivity contribution in [3.8, 4) is 23.0 Å². The molecule has 2 heterocycles. The first-order valence-electron chi connectivity index (χ1n) is 9.84. The molecular weight excluding hydrogens is 384 g/mol. The molecule has 2 aliphatic rings. The van der Waals surface area contributed by atoms with Crippen LogP contribution < -0.4 is 18.9 Å². The highest BCUT2D eigenvalue weighted by Gasteiger charge is 2.14. The lowest BCUT2D eigenvalue weighted by Crippen LogP contribution is -1.97. The van der Waals surface area contributed by atoms with Gasteiger partial charge in [0.25, 0.3) is 0 Å². The van der Waals surface area contributed by atoms with Crippen LogP contribution in [0.15, 0.2) is 60.7 Å². The van der Waals surface area contributed by atoms with Crippen molar-refractivity contribution >= 4 is 0 Å². The summed E-state index contributed by atoms with van der Waals surface area (Å²) in [6, 6.07) is 20.0. The molecule has 0 unspecified atom stereocenters. The van der Waals surface area contributed by atoms with Crippen molar-refractivity contribution in [1.29, 1.82) is 0 Å². The summed E-state index contributed by atoms with van der Waals surface area (Å²) in [5.74, 6) is 3.13. The summed E-state index contributed by atoms with van der Waals surface area (Å²) in [5, 5.41) is 0. The molecule has 154 valence electrons. The number of hydrogen-bond donors (Lipinski definition) is 0. The predicted octanol–water partition coefficient (Wildman–Crippen LogP) is 4.58. The minimum atomic E-state index is 0.284. The van der Waals surface area contributed by atoms with E-state index >= 15 is 0 Å². The number of benzene rings is 3. The smallest absolute Gasteiger partial charge is 0.231 e. The number of fused-ring (bicyclic) bond motifs is 2. The van der Waals surface area contributed by atoms with E-state index in [9.17, 15) is 0 Å². The number of ether oxygens (including phenoxy) is 6. The second-order valence-corrected chi connectivity index (χ2v) is 7.18. The van der Waals surface area contributed by atoms with Crippen LogP contribution in [0.25, 0.3) is 0 Å². The molecular formula is C24H22O6. The fraction of sp³-hybridized carbons (Fsp3) is 0.250. The Balaban J connectivity index is 1.06. The molecule has 0 aromatic heterocycles. The van der Waals surface area contributed by atoms with Crippen molar-refractivity contribution in [3.63, 3.8) is 0 Å². The van der Waals surface area contributed by atoms with E-state index in [2.05, 4.69) is 24.3 Å². The van der Waals surface area contributed by atoms with Gasteiger partial charge in [-0.15, -0.1) is 0 Å². The first-order chi connectivity index (χ1) is 14.8. The van der Waals surface area contributed by atoms with Gasteiger partial charge in [-0.25, -0.2) is 0 Å². The average molecular weight is 406 g/mol. The van der Waals surface area contributed by atoms with Gasteiger partial charge in [0.05, 0.1) is 26.4 Å². The van der Waals surface area contributed by atoms with Crippen molar-refractivity contribution < 1.29 is 28.4 Å². The standard InChI is InChI=1S/C24H22O6/c1-2-18(12-26-14-20-6-8-22-24(10-20)30-16-28-22)4-3-17(1)11-25-13-19-5-7-21-23(9-19)29-15-27-21/h1-10H,11-16H2. The molecule has 0 spiro atoms. The van der Waals surface area contributed by atoms with E-state index in [0.29, 0.717) is 26.4 Å². The Morgan fingerprint density at radius 2 is 0.833 bits per heavy atom. The molecule has 5 rings (SSSR count). The van der Waals surface area contributed by atoms with E-state index < -0.39 is 0 Å². The quantitative estimate of drug-likeness (QED) is 0.546. The Bertz CT molecular complexity index is 932. The number of hydrogen-bond acceptors (Lipinski definition) is 6. The van der Waals surface area contributed by atoms with Gasteiger partial charge in [0.15, 0.2) is 23.0 Å². The van der Waals surface area contributed by atoms with Gasteiger partial charge in [-0.2, -0.15) is 0 Å². The molecule has 30 heavy (non-hydrogen) atoms. The lowest BCUT2D eigenvalue weighted by molar-refractivity contribution is 0.105. The molecule has 0 atom stereocenters. The van der Waals surface area contributed by atoms with E-state index in [1.54, 1.807) is 0 Å². The van der Waals surface area contributed by atoms with Crippen LogP contribution in [0.3, 0.4) is 0 Å². The molecule has 0 aliphatic carbocycles. The van der Waals surface area contributed by atoms with Crippen molar-refractivity contribution in [2.75, 3.05) is 13.6 Å². The fourth-order valence-corrected chi connectivity index (χ4v) is 3.37. The monoisotopic (exact) mass is 406 g/mol. The zero-order valence-electron chi connectivity index (χ0n) is 16.5. The topological polar surface area (TPSA) is 55.4 Å². The molecule has 0 radical (unpaired) electrons. The zero-order chi connectivity index (χ0) is 20.2. The van der Waals surface area contributed by atoms with Crippen LogP contribution in [0.2, 0.25) is 0 Å². The van der Waals surface area contributed by atoms with Gasteiger partial charge in [-0.1, -0.05) is 36.4 Å². The van der Waals surface area contributed by atoms with Crippen LogP contribution in [0.5, 0.6) is 23.0 Å². The van der Waals surface area contributed by atoms with Gasteiger partial charge in [-0.05, 0) is 46.5 Å². The van der Waals surface area contributed by atoms with E-state index in [4.69, 9.17) is 28.4 Å². The Morgan fingerprint density at radius 3 is 1.30 bits per heavy atom. The molecule has 0 fully saturated rings. The lowest BCUT2D eigenvalue weighted by atomic mass is 10.1. The van der Waals surface area contributed by atoms with E-state index in [1.807, 2.05) is 36.4 Å². The third-order valence-corrected chi connectivity index (χ3v) is 4.97. The van der Waals surface area contributed by atoms with Gasteiger partial charge in [0.2, 0.25) is 13.6 Å². The summed E-state index contributed by atoms with van der Waals surface area (Å²) >= 11 is 0. The molecule has 0 bridgehead atoms. The Morgan fingerprint density at radius 1 is 0.467 bits per heavy atom. The molecule has 0 N–H and O–H groups in total. The van der Waals surface area contributed by atoms with Crippen LogP contribution in [-0.4, -0.2) is 13.6 Å². The SMILES string of the molecule is c1cc(COCc2ccc3c(c2)OCO3)ccc1COCc1ccc2c(c1)OCO2. The Labute approximate surface area is 174 Å². The minimum Gasteiger partial charge on any atom is -0.454 e. The molecule has 6 heteroatoms. The average Bonchev–Trinajstić information content (AvgIpc) is 3.43. The molecule has 0 saturated carbocycles. The summed E-state index contributed by atoms with van der Waals surface area (Å²) in [6.45, 7) is 2.71. The second kappa shape index (κ2) is 8.65. The summed E-state index contributed by atoms with van der Waals surface area (Å²) in [6.07, 6.45) is 0. The largest absolute Gasteiger partial charge is 0.454 e. The van der Waals surface area contributed by atoms with E-state index in [1.165, 1.54) is 0 Å². The Kier molecular flexibility index (Phi) is 5.42. The van der Waals surface area contributed by atoms with Crippen LogP contribution >= 0.6 is 0 Å². The van der Waals surface area contributed by atoms with Crippen LogP contribution in [0, 0.1) is 0 Å². The fourth-order valence-electron chi connectivity index (χ4n) is 3.37. The first-order valence-corrected chi connectivity index (χ1v) is 9.84. The van der Waals surface area contributed by atoms with E-state index in [-0.39, 0.29) is 13.6 Å².